The molecule has 6 nitrogen and oxygen atoms in total. The third-order valence-electron chi connectivity index (χ3n) is 6.21. The lowest BCUT2D eigenvalue weighted by Gasteiger charge is -2.31. The second-order valence-electron chi connectivity index (χ2n) is 8.57. The molecule has 5 rings (SSSR count). The quantitative estimate of drug-likeness (QED) is 0.410. The van der Waals surface area contributed by atoms with E-state index < -0.39 is 15.9 Å². The molecular formula is C26H25N3O3S2. The Bertz CT molecular complexity index is 1440. The Morgan fingerprint density at radius 2 is 1.82 bits per heavy atom. The normalized spacial score (nSPS) is 17.0. The first-order valence-electron chi connectivity index (χ1n) is 11.2. The van der Waals surface area contributed by atoms with Gasteiger partial charge in [-0.25, -0.2) is 13.4 Å². The molecule has 0 saturated carbocycles. The van der Waals surface area contributed by atoms with Crippen LogP contribution < -0.4 is 5.32 Å². The number of rotatable bonds is 5. The van der Waals surface area contributed by atoms with Crippen molar-refractivity contribution in [1.82, 2.24) is 9.29 Å². The molecule has 2 heterocycles. The van der Waals surface area contributed by atoms with Gasteiger partial charge in [-0.15, -0.1) is 11.3 Å². The molecule has 1 unspecified atom stereocenters. The number of amides is 1. The summed E-state index contributed by atoms with van der Waals surface area (Å²) in [5.41, 5.74) is 2.83. The Morgan fingerprint density at radius 1 is 1.06 bits per heavy atom. The summed E-state index contributed by atoms with van der Waals surface area (Å²) in [7, 11) is -3.63. The molecule has 8 heteroatoms. The predicted octanol–water partition coefficient (Wildman–Crippen LogP) is 5.31. The number of nitrogens with zero attached hydrogens (tertiary/aromatic N) is 2. The fraction of sp³-hybridized carbons (Fsp3) is 0.231. The molecule has 1 aliphatic rings. The topological polar surface area (TPSA) is 79.4 Å². The van der Waals surface area contributed by atoms with Crippen LogP contribution in [-0.4, -0.2) is 36.7 Å². The minimum absolute atomic E-state index is 0.170. The van der Waals surface area contributed by atoms with Gasteiger partial charge < -0.3 is 5.32 Å². The minimum Gasteiger partial charge on any atom is -0.302 e. The number of carbonyl (C=O) groups is 1. The van der Waals surface area contributed by atoms with Gasteiger partial charge in [-0.1, -0.05) is 60.2 Å². The van der Waals surface area contributed by atoms with E-state index in [1.807, 2.05) is 36.6 Å². The lowest BCUT2D eigenvalue weighted by Crippen LogP contribution is -2.43. The van der Waals surface area contributed by atoms with E-state index in [0.717, 1.165) is 27.6 Å². The maximum absolute atomic E-state index is 13.1. The fourth-order valence-corrected chi connectivity index (χ4v) is 6.58. The van der Waals surface area contributed by atoms with Gasteiger partial charge in [-0.2, -0.15) is 4.31 Å². The summed E-state index contributed by atoms with van der Waals surface area (Å²) in [5, 5.41) is 7.62. The summed E-state index contributed by atoms with van der Waals surface area (Å²) in [6, 6.07) is 21.0. The van der Waals surface area contributed by atoms with Crippen LogP contribution in [0.4, 0.5) is 5.13 Å². The Labute approximate surface area is 203 Å². The van der Waals surface area contributed by atoms with Crippen molar-refractivity contribution in [3.05, 3.63) is 77.7 Å². The molecule has 1 aromatic heterocycles. The number of hydrogen-bond donors (Lipinski definition) is 1. The van der Waals surface area contributed by atoms with Gasteiger partial charge >= 0.3 is 0 Å². The molecule has 1 saturated heterocycles. The molecule has 0 bridgehead atoms. The highest BCUT2D eigenvalue weighted by atomic mass is 32.2. The van der Waals surface area contributed by atoms with E-state index in [2.05, 4.69) is 28.5 Å². The Morgan fingerprint density at radius 3 is 2.65 bits per heavy atom. The fourth-order valence-electron chi connectivity index (χ4n) is 4.35. The summed E-state index contributed by atoms with van der Waals surface area (Å²) >= 11 is 1.37. The monoisotopic (exact) mass is 491 g/mol. The zero-order valence-electron chi connectivity index (χ0n) is 18.8. The maximum atomic E-state index is 13.1. The molecule has 3 aromatic carbocycles. The number of nitrogens with one attached hydrogen (secondary N) is 1. The second kappa shape index (κ2) is 9.29. The van der Waals surface area contributed by atoms with Crippen molar-refractivity contribution in [2.45, 2.75) is 24.7 Å². The molecule has 1 amide bonds. The van der Waals surface area contributed by atoms with E-state index in [1.165, 1.54) is 15.6 Å². The molecule has 1 atom stereocenters. The van der Waals surface area contributed by atoms with Crippen molar-refractivity contribution < 1.29 is 13.2 Å². The van der Waals surface area contributed by atoms with E-state index in [-0.39, 0.29) is 17.3 Å². The first-order valence-corrected chi connectivity index (χ1v) is 13.5. The number of benzene rings is 3. The van der Waals surface area contributed by atoms with Crippen molar-refractivity contribution in [3.63, 3.8) is 0 Å². The standard InChI is InChI=1S/C26H25N3O3S2/c1-18-11-13-21(14-12-18)34(31,32)29-15-5-8-20(16-29)25(30)28-26-27-24(17-33-26)23-10-4-7-19-6-2-3-9-22(19)23/h2-4,6-7,9-14,17,20H,5,8,15-16H2,1H3,(H,27,28,30). The van der Waals surface area contributed by atoms with Gasteiger partial charge in [-0.3, -0.25) is 4.79 Å². The lowest BCUT2D eigenvalue weighted by molar-refractivity contribution is -0.120. The van der Waals surface area contributed by atoms with Crippen LogP contribution in [0.5, 0.6) is 0 Å². The van der Waals surface area contributed by atoms with Crippen LogP contribution >= 0.6 is 11.3 Å². The van der Waals surface area contributed by atoms with Gasteiger partial charge in [-0.05, 0) is 42.7 Å². The predicted molar refractivity (Wildman–Crippen MR) is 136 cm³/mol. The van der Waals surface area contributed by atoms with E-state index >= 15 is 0 Å². The number of carbonyl (C=O) groups excluding carboxylic acids is 1. The number of fused-ring (bicyclic) bond motifs is 1. The third-order valence-corrected chi connectivity index (χ3v) is 8.85. The first kappa shape index (κ1) is 22.7. The van der Waals surface area contributed by atoms with Crippen molar-refractivity contribution in [2.75, 3.05) is 18.4 Å². The summed E-state index contributed by atoms with van der Waals surface area (Å²) in [4.78, 5) is 17.9. The van der Waals surface area contributed by atoms with Crippen molar-refractivity contribution in [1.29, 1.82) is 0 Å². The molecule has 0 radical (unpaired) electrons. The largest absolute Gasteiger partial charge is 0.302 e. The van der Waals surface area contributed by atoms with E-state index in [9.17, 15) is 13.2 Å². The number of anilines is 1. The third kappa shape index (κ3) is 4.49. The number of thiazole rings is 1. The van der Waals surface area contributed by atoms with E-state index in [1.54, 1.807) is 24.3 Å². The number of piperidine rings is 1. The number of sulfonamides is 1. The van der Waals surface area contributed by atoms with Crippen LogP contribution in [0.2, 0.25) is 0 Å². The van der Waals surface area contributed by atoms with Gasteiger partial charge in [0, 0.05) is 24.0 Å². The van der Waals surface area contributed by atoms with E-state index in [0.29, 0.717) is 24.5 Å². The number of hydrogen-bond acceptors (Lipinski definition) is 5. The Kier molecular flexibility index (Phi) is 6.20. The Hall–Kier alpha value is -3.07. The summed E-state index contributed by atoms with van der Waals surface area (Å²) in [6.45, 7) is 2.51. The molecule has 174 valence electrons. The van der Waals surface area contributed by atoms with Crippen LogP contribution in [-0.2, 0) is 14.8 Å². The molecule has 1 fully saturated rings. The van der Waals surface area contributed by atoms with Crippen LogP contribution in [0.1, 0.15) is 18.4 Å². The minimum atomic E-state index is -3.63. The van der Waals surface area contributed by atoms with Gasteiger partial charge in [0.1, 0.15) is 0 Å². The molecule has 0 aliphatic carbocycles. The average Bonchev–Trinajstić information content (AvgIpc) is 3.32. The van der Waals surface area contributed by atoms with Crippen LogP contribution in [0.25, 0.3) is 22.0 Å². The first-order chi connectivity index (χ1) is 16.4. The van der Waals surface area contributed by atoms with Crippen LogP contribution in [0.3, 0.4) is 0 Å². The molecule has 4 aromatic rings. The zero-order chi connectivity index (χ0) is 23.7. The number of aromatic nitrogens is 1. The van der Waals surface area contributed by atoms with Gasteiger partial charge in [0.05, 0.1) is 16.5 Å². The van der Waals surface area contributed by atoms with Crippen molar-refractivity contribution in [3.8, 4) is 11.3 Å². The number of aryl methyl sites for hydroxylation is 1. The highest BCUT2D eigenvalue weighted by Crippen LogP contribution is 2.32. The SMILES string of the molecule is Cc1ccc(S(=O)(=O)N2CCCC(C(=O)Nc3nc(-c4cccc5ccccc45)cs3)C2)cc1. The van der Waals surface area contributed by atoms with E-state index in [4.69, 9.17) is 0 Å². The van der Waals surface area contributed by atoms with Crippen molar-refractivity contribution >= 4 is 43.2 Å². The highest BCUT2D eigenvalue weighted by Gasteiger charge is 2.33. The van der Waals surface area contributed by atoms with Crippen LogP contribution in [0.15, 0.2) is 77.0 Å². The molecule has 34 heavy (non-hydrogen) atoms. The molecule has 1 N–H and O–H groups in total. The second-order valence-corrected chi connectivity index (χ2v) is 11.4. The summed E-state index contributed by atoms with van der Waals surface area (Å²) < 4.78 is 27.6. The molecule has 1 aliphatic heterocycles. The maximum Gasteiger partial charge on any atom is 0.243 e. The molecular weight excluding hydrogens is 466 g/mol. The summed E-state index contributed by atoms with van der Waals surface area (Å²) in [5.74, 6) is -0.610. The smallest absolute Gasteiger partial charge is 0.243 e. The lowest BCUT2D eigenvalue weighted by atomic mass is 9.99. The van der Waals surface area contributed by atoms with Gasteiger partial charge in [0.15, 0.2) is 5.13 Å². The zero-order valence-corrected chi connectivity index (χ0v) is 20.4. The van der Waals surface area contributed by atoms with Crippen LogP contribution in [0, 0.1) is 12.8 Å². The van der Waals surface area contributed by atoms with Gasteiger partial charge in [0.25, 0.3) is 0 Å². The van der Waals surface area contributed by atoms with Gasteiger partial charge in [0.2, 0.25) is 15.9 Å². The molecule has 0 spiro atoms. The van der Waals surface area contributed by atoms with Crippen molar-refractivity contribution in [2.24, 2.45) is 5.92 Å². The summed E-state index contributed by atoms with van der Waals surface area (Å²) in [6.07, 6.45) is 1.29. The average molecular weight is 492 g/mol. The highest BCUT2D eigenvalue weighted by molar-refractivity contribution is 7.89. The Balaban J connectivity index is 1.30.